The zero-order chi connectivity index (χ0) is 21.3. The van der Waals surface area contributed by atoms with Gasteiger partial charge in [-0.25, -0.2) is 4.79 Å². The fraction of sp³-hybridized carbons (Fsp3) is 0.421. The topological polar surface area (TPSA) is 69.5 Å². The van der Waals surface area contributed by atoms with Gasteiger partial charge in [0, 0.05) is 13.0 Å². The van der Waals surface area contributed by atoms with Gasteiger partial charge in [0.15, 0.2) is 0 Å². The lowest BCUT2D eigenvalue weighted by Gasteiger charge is -2.20. The fourth-order valence-electron chi connectivity index (χ4n) is 2.27. The molecule has 0 amide bonds. The third-order valence-corrected chi connectivity index (χ3v) is 3.94. The van der Waals surface area contributed by atoms with E-state index in [1.54, 1.807) is 13.8 Å². The fourth-order valence-corrected chi connectivity index (χ4v) is 2.27. The van der Waals surface area contributed by atoms with E-state index in [0.717, 1.165) is 12.1 Å². The number of methoxy groups -OCH3 is 3. The normalized spacial score (nSPS) is 15.4. The number of hydrogen-bond acceptors (Lipinski definition) is 6. The van der Waals surface area contributed by atoms with Gasteiger partial charge in [0.25, 0.3) is 0 Å². The smallest absolute Gasteiger partial charge is 0.416 e. The number of ether oxygens (including phenoxy) is 3. The molecule has 154 valence electrons. The van der Waals surface area contributed by atoms with Crippen LogP contribution in [-0.4, -0.2) is 45.3 Å². The Kier molecular flexibility index (Phi) is 8.84. The standard InChI is InChI=1S/C19H23F3N2O4/c1-12(16(26-3)10-18(25)28-5)17(27-4)11-23-24-13(2)14-7-6-8-15(9-14)19(20,21)22/h6-12,17H,1-5H3/b16-10+,23-11+,24-13+. The number of halogens is 3. The van der Waals surface area contributed by atoms with Crippen LogP contribution in [0.5, 0.6) is 0 Å². The average Bonchev–Trinajstić information content (AvgIpc) is 2.67. The summed E-state index contributed by atoms with van der Waals surface area (Å²) in [6.45, 7) is 3.30. The first kappa shape index (κ1) is 23.4. The van der Waals surface area contributed by atoms with Crippen LogP contribution in [0.1, 0.15) is 25.0 Å². The van der Waals surface area contributed by atoms with Crippen molar-refractivity contribution in [2.75, 3.05) is 21.3 Å². The van der Waals surface area contributed by atoms with Gasteiger partial charge in [0.2, 0.25) is 0 Å². The molecule has 6 nitrogen and oxygen atoms in total. The van der Waals surface area contributed by atoms with Gasteiger partial charge in [0.05, 0.1) is 37.8 Å². The van der Waals surface area contributed by atoms with E-state index in [1.807, 2.05) is 0 Å². The SMILES string of the molecule is COC(=O)/C=C(/OC)C(C)C(/C=N/N=C(\C)c1cccc(C(F)(F)F)c1)OC. The van der Waals surface area contributed by atoms with Crippen LogP contribution in [0.3, 0.4) is 0 Å². The first-order valence-corrected chi connectivity index (χ1v) is 8.25. The lowest BCUT2D eigenvalue weighted by atomic mass is 10.0. The van der Waals surface area contributed by atoms with Crippen molar-refractivity contribution >= 4 is 17.9 Å². The lowest BCUT2D eigenvalue weighted by molar-refractivity contribution is -0.137. The van der Waals surface area contributed by atoms with Crippen molar-refractivity contribution in [3.05, 3.63) is 47.2 Å². The molecule has 0 spiro atoms. The van der Waals surface area contributed by atoms with Crippen LogP contribution in [0, 0.1) is 5.92 Å². The third-order valence-electron chi connectivity index (χ3n) is 3.94. The molecule has 2 unspecified atom stereocenters. The Bertz CT molecular complexity index is 758. The van der Waals surface area contributed by atoms with Crippen LogP contribution in [0.2, 0.25) is 0 Å². The molecule has 0 aliphatic heterocycles. The van der Waals surface area contributed by atoms with Gasteiger partial charge in [-0.15, -0.1) is 0 Å². The minimum Gasteiger partial charge on any atom is -0.500 e. The summed E-state index contributed by atoms with van der Waals surface area (Å²) in [6, 6.07) is 4.82. The van der Waals surface area contributed by atoms with Crippen LogP contribution >= 0.6 is 0 Å². The van der Waals surface area contributed by atoms with Gasteiger partial charge in [-0.05, 0) is 24.6 Å². The molecule has 0 radical (unpaired) electrons. The Morgan fingerprint density at radius 1 is 1.18 bits per heavy atom. The van der Waals surface area contributed by atoms with Crippen molar-refractivity contribution in [2.45, 2.75) is 26.1 Å². The molecule has 2 atom stereocenters. The van der Waals surface area contributed by atoms with Crippen LogP contribution in [0.4, 0.5) is 13.2 Å². The maximum atomic E-state index is 12.8. The first-order valence-electron chi connectivity index (χ1n) is 8.25. The van der Waals surface area contributed by atoms with E-state index >= 15 is 0 Å². The largest absolute Gasteiger partial charge is 0.500 e. The number of hydrogen-bond donors (Lipinski definition) is 0. The zero-order valence-corrected chi connectivity index (χ0v) is 16.3. The van der Waals surface area contributed by atoms with Crippen LogP contribution in [-0.2, 0) is 25.2 Å². The Balaban J connectivity index is 2.98. The lowest BCUT2D eigenvalue weighted by Crippen LogP contribution is -2.25. The molecule has 1 aromatic carbocycles. The molecule has 0 bridgehead atoms. The summed E-state index contributed by atoms with van der Waals surface area (Å²) < 4.78 is 53.5. The van der Waals surface area contributed by atoms with Gasteiger partial charge in [-0.3, -0.25) is 0 Å². The second-order valence-corrected chi connectivity index (χ2v) is 5.79. The predicted octanol–water partition coefficient (Wildman–Crippen LogP) is 3.85. The minimum absolute atomic E-state index is 0.303. The van der Waals surface area contributed by atoms with E-state index in [4.69, 9.17) is 9.47 Å². The van der Waals surface area contributed by atoms with E-state index in [1.165, 1.54) is 45.8 Å². The Morgan fingerprint density at radius 2 is 1.86 bits per heavy atom. The molecule has 0 N–H and O–H groups in total. The molecule has 0 aliphatic rings. The van der Waals surface area contributed by atoms with Crippen molar-refractivity contribution in [3.8, 4) is 0 Å². The number of carbonyl (C=O) groups is 1. The Morgan fingerprint density at radius 3 is 2.39 bits per heavy atom. The van der Waals surface area contributed by atoms with E-state index in [2.05, 4.69) is 14.9 Å². The molecule has 1 rings (SSSR count). The number of carbonyl (C=O) groups excluding carboxylic acids is 1. The predicted molar refractivity (Wildman–Crippen MR) is 99.2 cm³/mol. The summed E-state index contributed by atoms with van der Waals surface area (Å²) in [5.41, 5.74) is -0.149. The highest BCUT2D eigenvalue weighted by Gasteiger charge is 2.30. The van der Waals surface area contributed by atoms with Gasteiger partial charge < -0.3 is 14.2 Å². The molecular weight excluding hydrogens is 377 g/mol. The zero-order valence-electron chi connectivity index (χ0n) is 16.3. The van der Waals surface area contributed by atoms with E-state index < -0.39 is 23.8 Å². The summed E-state index contributed by atoms with van der Waals surface area (Å²) >= 11 is 0. The number of rotatable bonds is 8. The second-order valence-electron chi connectivity index (χ2n) is 5.79. The third kappa shape index (κ3) is 6.80. The van der Waals surface area contributed by atoms with Crippen molar-refractivity contribution in [1.29, 1.82) is 0 Å². The van der Waals surface area contributed by atoms with Crippen LogP contribution in [0.25, 0.3) is 0 Å². The van der Waals surface area contributed by atoms with Gasteiger partial charge >= 0.3 is 12.1 Å². The molecule has 0 saturated heterocycles. The molecule has 0 aromatic heterocycles. The highest BCUT2D eigenvalue weighted by atomic mass is 19.4. The van der Waals surface area contributed by atoms with Gasteiger partial charge in [-0.1, -0.05) is 19.1 Å². The first-order chi connectivity index (χ1) is 13.1. The summed E-state index contributed by atoms with van der Waals surface area (Å²) in [6.07, 6.45) is -2.44. The molecule has 9 heteroatoms. The monoisotopic (exact) mass is 400 g/mol. The van der Waals surface area contributed by atoms with Crippen LogP contribution in [0.15, 0.2) is 46.3 Å². The maximum Gasteiger partial charge on any atom is 0.416 e. The summed E-state index contributed by atoms with van der Waals surface area (Å²) in [5, 5.41) is 7.84. The summed E-state index contributed by atoms with van der Waals surface area (Å²) in [7, 11) is 4.10. The van der Waals surface area contributed by atoms with E-state index in [9.17, 15) is 18.0 Å². The quantitative estimate of drug-likeness (QED) is 0.219. The molecule has 1 aromatic rings. The minimum atomic E-state index is -4.43. The Labute approximate surface area is 161 Å². The molecule has 0 saturated carbocycles. The van der Waals surface area contributed by atoms with Crippen molar-refractivity contribution in [1.82, 2.24) is 0 Å². The number of esters is 1. The van der Waals surface area contributed by atoms with E-state index in [-0.39, 0.29) is 5.92 Å². The molecule has 0 fully saturated rings. The molecule has 0 aliphatic carbocycles. The summed E-state index contributed by atoms with van der Waals surface area (Å²) in [5.74, 6) is -0.639. The summed E-state index contributed by atoms with van der Waals surface area (Å²) in [4.78, 5) is 11.4. The highest BCUT2D eigenvalue weighted by molar-refractivity contribution is 5.99. The molecule has 28 heavy (non-hydrogen) atoms. The average molecular weight is 400 g/mol. The number of alkyl halides is 3. The van der Waals surface area contributed by atoms with Gasteiger partial charge in [-0.2, -0.15) is 23.4 Å². The van der Waals surface area contributed by atoms with Crippen LogP contribution < -0.4 is 0 Å². The van der Waals surface area contributed by atoms with E-state index in [0.29, 0.717) is 17.0 Å². The molecular formula is C19H23F3N2O4. The van der Waals surface area contributed by atoms with Gasteiger partial charge in [0.1, 0.15) is 11.9 Å². The highest BCUT2D eigenvalue weighted by Crippen LogP contribution is 2.29. The number of nitrogens with zero attached hydrogens (tertiary/aromatic N) is 2. The molecule has 0 heterocycles. The maximum absolute atomic E-state index is 12.8. The second kappa shape index (κ2) is 10.6. The Hall–Kier alpha value is -2.68. The number of benzene rings is 1. The van der Waals surface area contributed by atoms with Crippen molar-refractivity contribution in [3.63, 3.8) is 0 Å². The van der Waals surface area contributed by atoms with Crippen molar-refractivity contribution < 1.29 is 32.2 Å². The van der Waals surface area contributed by atoms with Crippen molar-refractivity contribution in [2.24, 2.45) is 16.1 Å².